The first kappa shape index (κ1) is 20.3. The first-order chi connectivity index (χ1) is 14.3. The average Bonchev–Trinajstić information content (AvgIpc) is 3.31. The van der Waals surface area contributed by atoms with Crippen molar-refractivity contribution in [2.24, 2.45) is 4.99 Å². The minimum atomic E-state index is -0.733. The quantitative estimate of drug-likeness (QED) is 0.396. The van der Waals surface area contributed by atoms with Gasteiger partial charge in [-0.3, -0.25) is 14.6 Å². The number of carbonyl (C=O) groups is 2. The van der Waals surface area contributed by atoms with Crippen LogP contribution in [0.15, 0.2) is 35.3 Å². The Hall–Kier alpha value is -2.95. The van der Waals surface area contributed by atoms with E-state index in [-0.39, 0.29) is 28.0 Å². The predicted octanol–water partition coefficient (Wildman–Crippen LogP) is 0.751. The lowest BCUT2D eigenvalue weighted by molar-refractivity contribution is -0.152. The van der Waals surface area contributed by atoms with Gasteiger partial charge in [-0.2, -0.15) is 5.21 Å². The van der Waals surface area contributed by atoms with E-state index in [2.05, 4.69) is 30.9 Å². The molecule has 1 aromatic heterocycles. The van der Waals surface area contributed by atoms with Crippen LogP contribution in [0.25, 0.3) is 0 Å². The summed E-state index contributed by atoms with van der Waals surface area (Å²) in [5.41, 5.74) is 0.765. The third-order valence-corrected chi connectivity index (χ3v) is 6.73. The van der Waals surface area contributed by atoms with E-state index in [4.69, 9.17) is 0 Å². The zero-order chi connectivity index (χ0) is 21.5. The van der Waals surface area contributed by atoms with Gasteiger partial charge in [-0.15, -0.1) is 22.0 Å². The smallest absolute Gasteiger partial charge is 0.250 e. The Balaban J connectivity index is 1.53. The first-order valence-electron chi connectivity index (χ1n) is 9.58. The molecule has 0 radical (unpaired) electrons. The summed E-state index contributed by atoms with van der Waals surface area (Å²) in [5.74, 6) is 0.0224. The first-order valence-corrected chi connectivity index (χ1v) is 10.5. The Morgan fingerprint density at radius 2 is 2.10 bits per heavy atom. The van der Waals surface area contributed by atoms with E-state index >= 15 is 0 Å². The van der Waals surface area contributed by atoms with E-state index < -0.39 is 12.1 Å². The number of thioether (sulfide) groups is 1. The Bertz CT molecular complexity index is 947. The molecule has 2 N–H and O–H groups in total. The molecule has 2 aliphatic rings. The number of fused-ring (bicyclic) bond motifs is 1. The third kappa shape index (κ3) is 3.53. The maximum absolute atomic E-state index is 13.1. The number of aromatic nitrogens is 4. The maximum Gasteiger partial charge on any atom is 0.250 e. The SMILES string of the molecule is CN(C)C=NC(C(=O)NC1C(=O)N2C(c3nn[nH]n3)C(C)(C)S[C@H]12)c1ccccc1. The third-order valence-electron chi connectivity index (χ3n) is 5.16. The van der Waals surface area contributed by atoms with Crippen LogP contribution in [0.5, 0.6) is 0 Å². The number of hydrogen-bond acceptors (Lipinski definition) is 7. The summed E-state index contributed by atoms with van der Waals surface area (Å²) in [4.78, 5) is 34.0. The summed E-state index contributed by atoms with van der Waals surface area (Å²) in [6.07, 6.45) is 1.60. The second kappa shape index (κ2) is 7.71. The lowest BCUT2D eigenvalue weighted by Crippen LogP contribution is -2.68. The Morgan fingerprint density at radius 1 is 1.37 bits per heavy atom. The molecule has 158 valence electrons. The van der Waals surface area contributed by atoms with E-state index in [9.17, 15) is 9.59 Å². The molecule has 2 amide bonds. The fraction of sp³-hybridized carbons (Fsp3) is 0.474. The average molecular weight is 429 g/mol. The van der Waals surface area contributed by atoms with E-state index in [0.717, 1.165) is 5.56 Å². The van der Waals surface area contributed by atoms with Crippen molar-refractivity contribution < 1.29 is 9.59 Å². The van der Waals surface area contributed by atoms with Crippen LogP contribution in [-0.2, 0) is 9.59 Å². The number of nitrogens with one attached hydrogen (secondary N) is 2. The number of aromatic amines is 1. The van der Waals surface area contributed by atoms with Gasteiger partial charge in [-0.25, -0.2) is 0 Å². The minimum Gasteiger partial charge on any atom is -0.369 e. The number of nitrogens with zero attached hydrogens (tertiary/aromatic N) is 6. The van der Waals surface area contributed by atoms with Gasteiger partial charge in [0.2, 0.25) is 11.8 Å². The van der Waals surface area contributed by atoms with Crippen LogP contribution >= 0.6 is 11.8 Å². The molecule has 0 spiro atoms. The summed E-state index contributed by atoms with van der Waals surface area (Å²) in [6, 6.07) is 7.67. The molecule has 3 unspecified atom stereocenters. The molecular formula is C19H24N8O2S. The van der Waals surface area contributed by atoms with Gasteiger partial charge < -0.3 is 15.1 Å². The summed E-state index contributed by atoms with van der Waals surface area (Å²) in [7, 11) is 3.68. The topological polar surface area (TPSA) is 119 Å². The van der Waals surface area contributed by atoms with Crippen LogP contribution < -0.4 is 5.32 Å². The molecule has 2 fully saturated rings. The van der Waals surface area contributed by atoms with Crippen LogP contribution in [0, 0.1) is 0 Å². The number of β-lactam (4-membered cyclic amide) rings is 1. The van der Waals surface area contributed by atoms with Crippen molar-refractivity contribution in [2.45, 2.75) is 42.1 Å². The highest BCUT2D eigenvalue weighted by Gasteiger charge is 2.63. The molecule has 0 bridgehead atoms. The summed E-state index contributed by atoms with van der Waals surface area (Å²) >= 11 is 1.63. The zero-order valence-electron chi connectivity index (χ0n) is 17.2. The number of tetrazole rings is 1. The van der Waals surface area contributed by atoms with Crippen LogP contribution in [0.3, 0.4) is 0 Å². The summed E-state index contributed by atoms with van der Waals surface area (Å²) in [6.45, 7) is 4.08. The molecule has 30 heavy (non-hydrogen) atoms. The van der Waals surface area contributed by atoms with Gasteiger partial charge in [0.05, 0.1) is 6.34 Å². The van der Waals surface area contributed by atoms with Crippen molar-refractivity contribution in [2.75, 3.05) is 14.1 Å². The standard InChI is InChI=1S/C19H24N8O2S/c1-19(2)14(15-22-24-25-23-15)27-17(29)13(18(27)30-19)21-16(28)12(20-10-26(3)4)11-8-6-5-7-9-11/h5-10,12-14,18H,1-4H3,(H,21,28)(H,22,23,24,25)/t12?,13?,14?,18-/m1/s1. The predicted molar refractivity (Wildman–Crippen MR) is 113 cm³/mol. The lowest BCUT2D eigenvalue weighted by atomic mass is 9.95. The fourth-order valence-corrected chi connectivity index (χ4v) is 5.45. The van der Waals surface area contributed by atoms with Crippen LogP contribution in [0.2, 0.25) is 0 Å². The van der Waals surface area contributed by atoms with Crippen molar-refractivity contribution >= 4 is 29.9 Å². The summed E-state index contributed by atoms with van der Waals surface area (Å²) < 4.78 is -0.314. The number of aliphatic imine (C=N–C) groups is 1. The molecule has 0 aliphatic carbocycles. The Kier molecular flexibility index (Phi) is 5.22. The number of hydrogen-bond donors (Lipinski definition) is 2. The number of benzene rings is 1. The molecule has 1 aromatic carbocycles. The molecule has 3 heterocycles. The molecule has 11 heteroatoms. The van der Waals surface area contributed by atoms with Crippen molar-refractivity contribution in [3.05, 3.63) is 41.7 Å². The van der Waals surface area contributed by atoms with Crippen LogP contribution in [0.1, 0.15) is 37.3 Å². The highest BCUT2D eigenvalue weighted by molar-refractivity contribution is 8.01. The highest BCUT2D eigenvalue weighted by Crippen LogP contribution is 2.56. The van der Waals surface area contributed by atoms with Crippen molar-refractivity contribution in [3.63, 3.8) is 0 Å². The molecule has 0 saturated carbocycles. The summed E-state index contributed by atoms with van der Waals surface area (Å²) in [5, 5.41) is 17.0. The van der Waals surface area contributed by atoms with Gasteiger partial charge in [-0.1, -0.05) is 35.5 Å². The second-order valence-corrected chi connectivity index (χ2v) is 9.83. The van der Waals surface area contributed by atoms with Gasteiger partial charge in [-0.05, 0) is 19.4 Å². The Morgan fingerprint density at radius 3 is 2.73 bits per heavy atom. The monoisotopic (exact) mass is 428 g/mol. The molecule has 10 nitrogen and oxygen atoms in total. The van der Waals surface area contributed by atoms with Gasteiger partial charge in [0.25, 0.3) is 0 Å². The fourth-order valence-electron chi connectivity index (χ4n) is 3.82. The van der Waals surface area contributed by atoms with Crippen LogP contribution in [0.4, 0.5) is 0 Å². The van der Waals surface area contributed by atoms with Crippen molar-refractivity contribution in [3.8, 4) is 0 Å². The van der Waals surface area contributed by atoms with E-state index in [1.165, 1.54) is 0 Å². The largest absolute Gasteiger partial charge is 0.369 e. The van der Waals surface area contributed by atoms with Crippen molar-refractivity contribution in [1.29, 1.82) is 0 Å². The number of H-pyrrole nitrogens is 1. The number of rotatable bonds is 6. The molecular weight excluding hydrogens is 404 g/mol. The molecule has 4 atom stereocenters. The highest BCUT2D eigenvalue weighted by atomic mass is 32.2. The number of amides is 2. The van der Waals surface area contributed by atoms with Crippen LogP contribution in [-0.4, -0.2) is 78.8 Å². The molecule has 2 aliphatic heterocycles. The zero-order valence-corrected chi connectivity index (χ0v) is 18.0. The Labute approximate surface area is 178 Å². The normalized spacial score (nSPS) is 25.7. The van der Waals surface area contributed by atoms with Crippen molar-refractivity contribution in [1.82, 2.24) is 35.7 Å². The number of carbonyl (C=O) groups excluding carboxylic acids is 2. The van der Waals surface area contributed by atoms with E-state index in [0.29, 0.717) is 5.82 Å². The van der Waals surface area contributed by atoms with Gasteiger partial charge in [0, 0.05) is 18.8 Å². The molecule has 2 aromatic rings. The van der Waals surface area contributed by atoms with Gasteiger partial charge in [0.15, 0.2) is 11.9 Å². The van der Waals surface area contributed by atoms with Gasteiger partial charge in [0.1, 0.15) is 17.5 Å². The lowest BCUT2D eigenvalue weighted by Gasteiger charge is -2.44. The molecule has 2 saturated heterocycles. The maximum atomic E-state index is 13.1. The molecule has 4 rings (SSSR count). The second-order valence-electron chi connectivity index (χ2n) is 8.06. The minimum absolute atomic E-state index is 0.148. The van der Waals surface area contributed by atoms with E-state index in [1.807, 2.05) is 58.3 Å². The van der Waals surface area contributed by atoms with E-state index in [1.54, 1.807) is 27.9 Å². The van der Waals surface area contributed by atoms with Gasteiger partial charge >= 0.3 is 0 Å².